The highest BCUT2D eigenvalue weighted by atomic mass is 19.4. The topological polar surface area (TPSA) is 66.8 Å². The van der Waals surface area contributed by atoms with Crippen LogP contribution in [0.25, 0.3) is 0 Å². The smallest absolute Gasteiger partial charge is 0.419 e. The molecule has 1 heterocycles. The van der Waals surface area contributed by atoms with Crippen LogP contribution in [0.4, 0.5) is 13.2 Å². The van der Waals surface area contributed by atoms with Crippen LogP contribution in [0.1, 0.15) is 18.4 Å². The summed E-state index contributed by atoms with van der Waals surface area (Å²) in [5, 5.41) is 8.99. The van der Waals surface area contributed by atoms with Gasteiger partial charge in [-0.05, 0) is 25.0 Å². The second-order valence-corrected chi connectivity index (χ2v) is 4.87. The van der Waals surface area contributed by atoms with Crippen molar-refractivity contribution in [1.29, 1.82) is 0 Å². The third kappa shape index (κ3) is 3.49. The van der Waals surface area contributed by atoms with Gasteiger partial charge in [-0.2, -0.15) is 13.2 Å². The van der Waals surface area contributed by atoms with E-state index in [1.807, 2.05) is 0 Å². The zero-order chi connectivity index (χ0) is 16.3. The molecule has 0 radical (unpaired) electrons. The van der Waals surface area contributed by atoms with E-state index in [9.17, 15) is 22.8 Å². The van der Waals surface area contributed by atoms with Gasteiger partial charge in [0.05, 0.1) is 5.56 Å². The number of rotatable bonds is 4. The lowest BCUT2D eigenvalue weighted by Gasteiger charge is -2.22. The number of benzene rings is 1. The average molecular weight is 317 g/mol. The summed E-state index contributed by atoms with van der Waals surface area (Å²) in [5.74, 6) is -2.21. The lowest BCUT2D eigenvalue weighted by molar-refractivity contribution is -0.149. The van der Waals surface area contributed by atoms with E-state index < -0.39 is 42.0 Å². The monoisotopic (exact) mass is 317 g/mol. The van der Waals surface area contributed by atoms with E-state index in [2.05, 4.69) is 0 Å². The van der Waals surface area contributed by atoms with Crippen LogP contribution < -0.4 is 4.74 Å². The molecule has 1 aromatic rings. The van der Waals surface area contributed by atoms with Gasteiger partial charge in [0, 0.05) is 6.54 Å². The first-order chi connectivity index (χ1) is 10.3. The highest BCUT2D eigenvalue weighted by molar-refractivity contribution is 5.85. The van der Waals surface area contributed by atoms with Crippen molar-refractivity contribution in [2.24, 2.45) is 0 Å². The highest BCUT2D eigenvalue weighted by Gasteiger charge is 2.36. The SMILES string of the molecule is O=C(O)[C@H]1CCCN1C(=O)COc1ccccc1C(F)(F)F. The van der Waals surface area contributed by atoms with Gasteiger partial charge in [0.25, 0.3) is 5.91 Å². The van der Waals surface area contributed by atoms with Crippen molar-refractivity contribution in [3.05, 3.63) is 29.8 Å². The lowest BCUT2D eigenvalue weighted by Crippen LogP contribution is -2.42. The second-order valence-electron chi connectivity index (χ2n) is 4.87. The second kappa shape index (κ2) is 6.25. The van der Waals surface area contributed by atoms with Crippen molar-refractivity contribution in [2.75, 3.05) is 13.2 Å². The quantitative estimate of drug-likeness (QED) is 0.924. The number of aliphatic carboxylic acids is 1. The molecule has 2 rings (SSSR count). The van der Waals surface area contributed by atoms with E-state index in [4.69, 9.17) is 9.84 Å². The molecule has 1 saturated heterocycles. The van der Waals surface area contributed by atoms with Crippen LogP contribution in [-0.4, -0.2) is 41.1 Å². The van der Waals surface area contributed by atoms with Gasteiger partial charge in [0.15, 0.2) is 6.61 Å². The Labute approximate surface area is 124 Å². The molecule has 1 amide bonds. The van der Waals surface area contributed by atoms with Crippen molar-refractivity contribution in [3.63, 3.8) is 0 Å². The number of hydrogen-bond acceptors (Lipinski definition) is 3. The maximum absolute atomic E-state index is 12.8. The summed E-state index contributed by atoms with van der Waals surface area (Å²) < 4.78 is 43.3. The maximum Gasteiger partial charge on any atom is 0.419 e. The number of para-hydroxylation sites is 1. The molecule has 1 atom stereocenters. The predicted molar refractivity (Wildman–Crippen MR) is 69.3 cm³/mol. The third-order valence-electron chi connectivity index (χ3n) is 3.40. The minimum atomic E-state index is -4.59. The molecule has 1 aliphatic heterocycles. The van der Waals surface area contributed by atoms with Crippen LogP contribution in [0.5, 0.6) is 5.75 Å². The summed E-state index contributed by atoms with van der Waals surface area (Å²) in [7, 11) is 0. The Kier molecular flexibility index (Phi) is 4.58. The molecular formula is C14H14F3NO4. The first kappa shape index (κ1) is 16.1. The molecule has 1 N–H and O–H groups in total. The maximum atomic E-state index is 12.8. The number of halogens is 3. The molecule has 22 heavy (non-hydrogen) atoms. The van der Waals surface area contributed by atoms with Gasteiger partial charge in [-0.1, -0.05) is 12.1 Å². The van der Waals surface area contributed by atoms with E-state index in [1.165, 1.54) is 12.1 Å². The van der Waals surface area contributed by atoms with E-state index in [-0.39, 0.29) is 6.54 Å². The van der Waals surface area contributed by atoms with E-state index in [0.717, 1.165) is 17.0 Å². The number of alkyl halides is 3. The number of hydrogen-bond donors (Lipinski definition) is 1. The lowest BCUT2D eigenvalue weighted by atomic mass is 10.2. The molecule has 0 spiro atoms. The number of carboxylic acid groups (broad SMARTS) is 1. The molecule has 120 valence electrons. The Morgan fingerprint density at radius 2 is 2.00 bits per heavy atom. The van der Waals surface area contributed by atoms with Crippen molar-refractivity contribution in [3.8, 4) is 5.75 Å². The van der Waals surface area contributed by atoms with Crippen LogP contribution in [0.3, 0.4) is 0 Å². The summed E-state index contributed by atoms with van der Waals surface area (Å²) in [6.07, 6.45) is -3.71. The molecule has 5 nitrogen and oxygen atoms in total. The third-order valence-corrected chi connectivity index (χ3v) is 3.40. The minimum Gasteiger partial charge on any atom is -0.483 e. The zero-order valence-corrected chi connectivity index (χ0v) is 11.5. The highest BCUT2D eigenvalue weighted by Crippen LogP contribution is 2.35. The number of amides is 1. The largest absolute Gasteiger partial charge is 0.483 e. The van der Waals surface area contributed by atoms with Crippen LogP contribution in [-0.2, 0) is 15.8 Å². The molecule has 0 aromatic heterocycles. The Morgan fingerprint density at radius 3 is 2.64 bits per heavy atom. The van der Waals surface area contributed by atoms with Gasteiger partial charge in [0.1, 0.15) is 11.8 Å². The van der Waals surface area contributed by atoms with E-state index in [1.54, 1.807) is 0 Å². The fourth-order valence-electron chi connectivity index (χ4n) is 2.37. The normalized spacial score (nSPS) is 18.3. The number of ether oxygens (including phenoxy) is 1. The summed E-state index contributed by atoms with van der Waals surface area (Å²) in [6, 6.07) is 3.63. The van der Waals surface area contributed by atoms with Gasteiger partial charge in [0.2, 0.25) is 0 Å². The fraction of sp³-hybridized carbons (Fsp3) is 0.429. The molecule has 0 saturated carbocycles. The fourth-order valence-corrected chi connectivity index (χ4v) is 2.37. The number of carbonyl (C=O) groups is 2. The van der Waals surface area contributed by atoms with Gasteiger partial charge in [-0.15, -0.1) is 0 Å². The van der Waals surface area contributed by atoms with Crippen molar-refractivity contribution < 1.29 is 32.6 Å². The van der Waals surface area contributed by atoms with Gasteiger partial charge >= 0.3 is 12.1 Å². The first-order valence-corrected chi connectivity index (χ1v) is 6.62. The molecule has 0 unspecified atom stereocenters. The van der Waals surface area contributed by atoms with Gasteiger partial charge in [-0.3, -0.25) is 4.79 Å². The summed E-state index contributed by atoms with van der Waals surface area (Å²) in [5.41, 5.74) is -0.973. The first-order valence-electron chi connectivity index (χ1n) is 6.62. The number of carboxylic acids is 1. The minimum absolute atomic E-state index is 0.264. The van der Waals surface area contributed by atoms with Crippen LogP contribution in [0, 0.1) is 0 Å². The Hall–Kier alpha value is -2.25. The summed E-state index contributed by atoms with van der Waals surface area (Å²) in [4.78, 5) is 24.1. The van der Waals surface area contributed by atoms with E-state index >= 15 is 0 Å². The van der Waals surface area contributed by atoms with E-state index in [0.29, 0.717) is 12.8 Å². The van der Waals surface area contributed by atoms with Crippen molar-refractivity contribution >= 4 is 11.9 Å². The summed E-state index contributed by atoms with van der Waals surface area (Å²) >= 11 is 0. The van der Waals surface area contributed by atoms with Crippen molar-refractivity contribution in [2.45, 2.75) is 25.1 Å². The Balaban J connectivity index is 2.05. The summed E-state index contributed by atoms with van der Waals surface area (Å²) in [6.45, 7) is -0.364. The average Bonchev–Trinajstić information content (AvgIpc) is 2.93. The van der Waals surface area contributed by atoms with Crippen molar-refractivity contribution in [1.82, 2.24) is 4.90 Å². The number of nitrogens with zero attached hydrogens (tertiary/aromatic N) is 1. The molecular weight excluding hydrogens is 303 g/mol. The molecule has 1 aromatic carbocycles. The number of carbonyl (C=O) groups excluding carboxylic acids is 1. The molecule has 0 aliphatic carbocycles. The molecule has 8 heteroatoms. The molecule has 1 aliphatic rings. The van der Waals surface area contributed by atoms with Gasteiger partial charge < -0.3 is 14.7 Å². The van der Waals surface area contributed by atoms with Gasteiger partial charge in [-0.25, -0.2) is 4.79 Å². The van der Waals surface area contributed by atoms with Crippen LogP contribution in [0.2, 0.25) is 0 Å². The Bertz CT molecular complexity index is 573. The zero-order valence-electron chi connectivity index (χ0n) is 11.5. The van der Waals surface area contributed by atoms with Crippen LogP contribution in [0.15, 0.2) is 24.3 Å². The molecule has 0 bridgehead atoms. The predicted octanol–water partition coefficient (Wildman–Crippen LogP) is 2.16. The Morgan fingerprint density at radius 1 is 1.32 bits per heavy atom. The standard InChI is InChI=1S/C14H14F3NO4/c15-14(16,17)9-4-1-2-6-11(9)22-8-12(19)18-7-3-5-10(18)13(20)21/h1-2,4,6,10H,3,5,7-8H2,(H,20,21)/t10-/m1/s1. The van der Waals surface area contributed by atoms with Crippen LogP contribution >= 0.6 is 0 Å². The molecule has 1 fully saturated rings. The number of likely N-dealkylation sites (tertiary alicyclic amines) is 1.